The zero-order valence-electron chi connectivity index (χ0n) is 15.1. The SMILES string of the molecule is COc1cc(C)c(NCC(=O)Nc2cccc3ccccc23)cc1OC. The lowest BCUT2D eigenvalue weighted by Gasteiger charge is -2.14. The lowest BCUT2D eigenvalue weighted by Crippen LogP contribution is -2.22. The highest BCUT2D eigenvalue weighted by Gasteiger charge is 2.10. The van der Waals surface area contributed by atoms with Crippen LogP contribution in [0.25, 0.3) is 10.8 Å². The second-order valence-corrected chi connectivity index (χ2v) is 5.95. The molecule has 0 radical (unpaired) electrons. The zero-order valence-corrected chi connectivity index (χ0v) is 15.1. The second kappa shape index (κ2) is 7.78. The van der Waals surface area contributed by atoms with Crippen LogP contribution in [0.4, 0.5) is 11.4 Å². The van der Waals surface area contributed by atoms with Gasteiger partial charge in [-0.3, -0.25) is 4.79 Å². The van der Waals surface area contributed by atoms with E-state index in [-0.39, 0.29) is 12.5 Å². The number of fused-ring (bicyclic) bond motifs is 1. The van der Waals surface area contributed by atoms with Gasteiger partial charge in [0.2, 0.25) is 5.91 Å². The summed E-state index contributed by atoms with van der Waals surface area (Å²) in [5.41, 5.74) is 2.61. The Morgan fingerprint density at radius 2 is 1.62 bits per heavy atom. The third-order valence-corrected chi connectivity index (χ3v) is 4.23. The third kappa shape index (κ3) is 3.72. The average Bonchev–Trinajstić information content (AvgIpc) is 2.67. The summed E-state index contributed by atoms with van der Waals surface area (Å²) in [5.74, 6) is 1.17. The number of methoxy groups -OCH3 is 2. The summed E-state index contributed by atoms with van der Waals surface area (Å²) in [7, 11) is 3.19. The average molecular weight is 350 g/mol. The molecule has 3 aromatic rings. The number of amides is 1. The van der Waals surface area contributed by atoms with Crippen LogP contribution < -0.4 is 20.1 Å². The number of carbonyl (C=O) groups excluding carboxylic acids is 1. The van der Waals surface area contributed by atoms with E-state index in [1.807, 2.05) is 61.5 Å². The smallest absolute Gasteiger partial charge is 0.243 e. The fraction of sp³-hybridized carbons (Fsp3) is 0.190. The van der Waals surface area contributed by atoms with E-state index in [2.05, 4.69) is 10.6 Å². The molecular formula is C21H22N2O3. The Kier molecular flexibility index (Phi) is 5.27. The predicted octanol–water partition coefficient (Wildman–Crippen LogP) is 4.22. The minimum atomic E-state index is -0.115. The number of ether oxygens (including phenoxy) is 2. The van der Waals surface area contributed by atoms with Crippen molar-refractivity contribution in [2.24, 2.45) is 0 Å². The molecule has 134 valence electrons. The van der Waals surface area contributed by atoms with Crippen LogP contribution in [0.5, 0.6) is 11.5 Å². The molecular weight excluding hydrogens is 328 g/mol. The molecule has 2 N–H and O–H groups in total. The molecule has 0 bridgehead atoms. The summed E-state index contributed by atoms with van der Waals surface area (Å²) in [6.45, 7) is 2.10. The van der Waals surface area contributed by atoms with Gasteiger partial charge in [0.05, 0.1) is 20.8 Å². The number of rotatable bonds is 6. The third-order valence-electron chi connectivity index (χ3n) is 4.23. The molecule has 26 heavy (non-hydrogen) atoms. The lowest BCUT2D eigenvalue weighted by molar-refractivity contribution is -0.114. The van der Waals surface area contributed by atoms with Crippen molar-refractivity contribution in [1.29, 1.82) is 0 Å². The van der Waals surface area contributed by atoms with Gasteiger partial charge >= 0.3 is 0 Å². The van der Waals surface area contributed by atoms with Crippen LogP contribution in [-0.4, -0.2) is 26.7 Å². The van der Waals surface area contributed by atoms with Crippen molar-refractivity contribution in [3.63, 3.8) is 0 Å². The van der Waals surface area contributed by atoms with Gasteiger partial charge in [-0.05, 0) is 30.0 Å². The number of hydrogen-bond donors (Lipinski definition) is 2. The highest BCUT2D eigenvalue weighted by molar-refractivity contribution is 6.03. The molecule has 0 fully saturated rings. The zero-order chi connectivity index (χ0) is 18.5. The Morgan fingerprint density at radius 1 is 0.923 bits per heavy atom. The number of carbonyl (C=O) groups is 1. The first kappa shape index (κ1) is 17.6. The minimum Gasteiger partial charge on any atom is -0.493 e. The van der Waals surface area contributed by atoms with Crippen molar-refractivity contribution in [3.05, 3.63) is 60.2 Å². The van der Waals surface area contributed by atoms with E-state index < -0.39 is 0 Å². The molecule has 0 saturated carbocycles. The van der Waals surface area contributed by atoms with E-state index in [9.17, 15) is 4.79 Å². The van der Waals surface area contributed by atoms with E-state index in [1.165, 1.54) is 0 Å². The van der Waals surface area contributed by atoms with Crippen LogP contribution in [0.2, 0.25) is 0 Å². The molecule has 0 spiro atoms. The largest absolute Gasteiger partial charge is 0.493 e. The summed E-state index contributed by atoms with van der Waals surface area (Å²) in [6.07, 6.45) is 0. The van der Waals surface area contributed by atoms with Crippen LogP contribution in [-0.2, 0) is 4.79 Å². The molecule has 5 nitrogen and oxygen atoms in total. The van der Waals surface area contributed by atoms with E-state index in [1.54, 1.807) is 14.2 Å². The van der Waals surface area contributed by atoms with Crippen LogP contribution in [0.1, 0.15) is 5.56 Å². The monoisotopic (exact) mass is 350 g/mol. The molecule has 0 aliphatic heterocycles. The molecule has 0 saturated heterocycles. The van der Waals surface area contributed by atoms with Gasteiger partial charge in [-0.2, -0.15) is 0 Å². The van der Waals surface area contributed by atoms with E-state index >= 15 is 0 Å². The molecule has 3 aromatic carbocycles. The summed E-state index contributed by atoms with van der Waals surface area (Å²) >= 11 is 0. The number of hydrogen-bond acceptors (Lipinski definition) is 4. The summed E-state index contributed by atoms with van der Waals surface area (Å²) in [5, 5.41) is 8.24. The predicted molar refractivity (Wildman–Crippen MR) is 105 cm³/mol. The topological polar surface area (TPSA) is 59.6 Å². The van der Waals surface area contributed by atoms with Crippen molar-refractivity contribution in [2.45, 2.75) is 6.92 Å². The van der Waals surface area contributed by atoms with Gasteiger partial charge in [0.25, 0.3) is 0 Å². The Bertz CT molecular complexity index is 932. The fourth-order valence-electron chi connectivity index (χ4n) is 2.88. The Morgan fingerprint density at radius 3 is 2.38 bits per heavy atom. The molecule has 0 atom stereocenters. The summed E-state index contributed by atoms with van der Waals surface area (Å²) < 4.78 is 10.6. The molecule has 5 heteroatoms. The number of aryl methyl sites for hydroxylation is 1. The van der Waals surface area contributed by atoms with Gasteiger partial charge in [-0.1, -0.05) is 36.4 Å². The maximum Gasteiger partial charge on any atom is 0.243 e. The molecule has 1 amide bonds. The highest BCUT2D eigenvalue weighted by Crippen LogP contribution is 2.32. The van der Waals surface area contributed by atoms with Gasteiger partial charge in [0.1, 0.15) is 0 Å². The van der Waals surface area contributed by atoms with Crippen LogP contribution >= 0.6 is 0 Å². The second-order valence-electron chi connectivity index (χ2n) is 5.95. The Balaban J connectivity index is 1.71. The lowest BCUT2D eigenvalue weighted by atomic mass is 10.1. The summed E-state index contributed by atoms with van der Waals surface area (Å²) in [6, 6.07) is 17.5. The maximum absolute atomic E-state index is 12.4. The van der Waals surface area contributed by atoms with Crippen LogP contribution in [0.3, 0.4) is 0 Å². The quantitative estimate of drug-likeness (QED) is 0.699. The molecule has 0 heterocycles. The van der Waals surface area contributed by atoms with Crippen LogP contribution in [0.15, 0.2) is 54.6 Å². The van der Waals surface area contributed by atoms with E-state index in [0.29, 0.717) is 11.5 Å². The van der Waals surface area contributed by atoms with Crippen LogP contribution in [0, 0.1) is 6.92 Å². The number of nitrogens with one attached hydrogen (secondary N) is 2. The van der Waals surface area contributed by atoms with Gasteiger partial charge in [-0.15, -0.1) is 0 Å². The van der Waals surface area contributed by atoms with E-state index in [0.717, 1.165) is 27.7 Å². The minimum absolute atomic E-state index is 0.115. The first-order chi connectivity index (χ1) is 12.6. The molecule has 0 aliphatic carbocycles. The normalized spacial score (nSPS) is 10.4. The Hall–Kier alpha value is -3.21. The van der Waals surface area contributed by atoms with Gasteiger partial charge in [0.15, 0.2) is 11.5 Å². The first-order valence-corrected chi connectivity index (χ1v) is 8.36. The van der Waals surface area contributed by atoms with Crippen molar-refractivity contribution < 1.29 is 14.3 Å². The number of anilines is 2. The Labute approximate surface area is 152 Å². The standard InChI is InChI=1S/C21H22N2O3/c1-14-11-19(25-2)20(26-3)12-18(14)22-13-21(24)23-17-10-6-8-15-7-4-5-9-16(15)17/h4-12,22H,13H2,1-3H3,(H,23,24). The first-order valence-electron chi connectivity index (χ1n) is 8.36. The van der Waals surface area contributed by atoms with Crippen molar-refractivity contribution in [1.82, 2.24) is 0 Å². The molecule has 0 unspecified atom stereocenters. The summed E-state index contributed by atoms with van der Waals surface area (Å²) in [4.78, 5) is 12.4. The van der Waals surface area contributed by atoms with Crippen molar-refractivity contribution in [2.75, 3.05) is 31.4 Å². The maximum atomic E-state index is 12.4. The van der Waals surface area contributed by atoms with Crippen molar-refractivity contribution in [3.8, 4) is 11.5 Å². The van der Waals surface area contributed by atoms with Gasteiger partial charge < -0.3 is 20.1 Å². The number of benzene rings is 3. The molecule has 0 aliphatic rings. The molecule has 0 aromatic heterocycles. The fourth-order valence-corrected chi connectivity index (χ4v) is 2.88. The van der Waals surface area contributed by atoms with Crippen molar-refractivity contribution >= 4 is 28.1 Å². The highest BCUT2D eigenvalue weighted by atomic mass is 16.5. The van der Waals surface area contributed by atoms with Gasteiger partial charge in [0, 0.05) is 22.8 Å². The van der Waals surface area contributed by atoms with Gasteiger partial charge in [-0.25, -0.2) is 0 Å². The molecule has 3 rings (SSSR count). The van der Waals surface area contributed by atoms with E-state index in [4.69, 9.17) is 9.47 Å².